The highest BCUT2D eigenvalue weighted by Gasteiger charge is 2.52. The summed E-state index contributed by atoms with van der Waals surface area (Å²) in [4.78, 5) is 0. The van der Waals surface area contributed by atoms with Gasteiger partial charge < -0.3 is 31.2 Å². The summed E-state index contributed by atoms with van der Waals surface area (Å²) < 4.78 is 12.6. The van der Waals surface area contributed by atoms with Gasteiger partial charge in [0.05, 0.1) is 11.4 Å². The number of hydrogen-bond acceptors (Lipinski definition) is 6. The Morgan fingerprint density at radius 3 is 1.71 bits per heavy atom. The van der Waals surface area contributed by atoms with Crippen LogP contribution in [0, 0.1) is 17.8 Å². The van der Waals surface area contributed by atoms with Crippen LogP contribution >= 0.6 is 0 Å². The molecule has 4 fully saturated rings. The van der Waals surface area contributed by atoms with E-state index in [1.807, 2.05) is 12.1 Å². The molecule has 0 amide bonds. The van der Waals surface area contributed by atoms with Crippen LogP contribution in [-0.4, -0.2) is 10.2 Å². The number of nitrogens with two attached hydrogens (primary N) is 2. The van der Waals surface area contributed by atoms with E-state index in [-0.39, 0.29) is 16.9 Å². The van der Waals surface area contributed by atoms with Crippen LogP contribution in [0.25, 0.3) is 10.8 Å². The van der Waals surface area contributed by atoms with Crippen molar-refractivity contribution in [2.75, 3.05) is 11.5 Å². The van der Waals surface area contributed by atoms with E-state index in [2.05, 4.69) is 18.2 Å². The van der Waals surface area contributed by atoms with E-state index in [4.69, 9.17) is 20.9 Å². The SMILES string of the molecule is Nc1ccc(Oc2ccc3cc(C45CC6CC(CC(C6)C4)C5)c(Oc4ccc(N)c(O)c4)cc3c2)cc1O. The topological polar surface area (TPSA) is 111 Å². The van der Waals surface area contributed by atoms with Gasteiger partial charge in [0.15, 0.2) is 0 Å². The van der Waals surface area contributed by atoms with E-state index in [1.165, 1.54) is 50.2 Å². The molecule has 0 saturated heterocycles. The second kappa shape index (κ2) is 8.48. The van der Waals surface area contributed by atoms with Gasteiger partial charge in [-0.2, -0.15) is 0 Å². The van der Waals surface area contributed by atoms with Gasteiger partial charge in [-0.05, 0) is 121 Å². The molecule has 0 unspecified atom stereocenters. The number of rotatable bonds is 5. The van der Waals surface area contributed by atoms with Gasteiger partial charge in [0.25, 0.3) is 0 Å². The lowest BCUT2D eigenvalue weighted by atomic mass is 9.48. The van der Waals surface area contributed by atoms with Gasteiger partial charge in [0.1, 0.15) is 34.5 Å². The number of ether oxygens (including phenoxy) is 2. The molecule has 0 atom stereocenters. The first-order valence-corrected chi connectivity index (χ1v) is 13.4. The van der Waals surface area contributed by atoms with E-state index in [0.29, 0.717) is 28.6 Å². The molecule has 4 aliphatic carbocycles. The van der Waals surface area contributed by atoms with Crippen molar-refractivity contribution in [3.05, 3.63) is 72.3 Å². The third-order valence-electron chi connectivity index (χ3n) is 8.99. The monoisotopic (exact) mass is 508 g/mol. The predicted molar refractivity (Wildman–Crippen MR) is 149 cm³/mol. The van der Waals surface area contributed by atoms with Crippen LogP contribution in [0.5, 0.6) is 34.5 Å². The van der Waals surface area contributed by atoms with Crippen LogP contribution < -0.4 is 20.9 Å². The minimum Gasteiger partial charge on any atom is -0.506 e. The number of fused-ring (bicyclic) bond motifs is 1. The molecular formula is C32H32N2O4. The molecule has 4 aromatic rings. The largest absolute Gasteiger partial charge is 0.506 e. The second-order valence-corrected chi connectivity index (χ2v) is 11.7. The third-order valence-corrected chi connectivity index (χ3v) is 8.99. The molecule has 4 bridgehead atoms. The summed E-state index contributed by atoms with van der Waals surface area (Å²) in [5.74, 6) is 4.97. The van der Waals surface area contributed by atoms with Crippen molar-refractivity contribution < 1.29 is 19.7 Å². The molecular weight excluding hydrogens is 476 g/mol. The quantitative estimate of drug-likeness (QED) is 0.164. The highest BCUT2D eigenvalue weighted by molar-refractivity contribution is 5.87. The minimum atomic E-state index is -0.00839. The molecule has 38 heavy (non-hydrogen) atoms. The predicted octanol–water partition coefficient (Wildman–Crippen LogP) is 7.47. The first-order chi connectivity index (χ1) is 18.3. The van der Waals surface area contributed by atoms with Crippen LogP contribution in [0.3, 0.4) is 0 Å². The van der Waals surface area contributed by atoms with Crippen LogP contribution in [-0.2, 0) is 5.41 Å². The number of benzene rings is 4. The molecule has 6 heteroatoms. The van der Waals surface area contributed by atoms with Crippen LogP contribution in [0.15, 0.2) is 66.7 Å². The Morgan fingerprint density at radius 1 is 0.605 bits per heavy atom. The van der Waals surface area contributed by atoms with Crippen LogP contribution in [0.2, 0.25) is 0 Å². The molecule has 0 aliphatic heterocycles. The molecule has 4 aromatic carbocycles. The Kier molecular flexibility index (Phi) is 5.15. The first kappa shape index (κ1) is 23.1. The summed E-state index contributed by atoms with van der Waals surface area (Å²) in [7, 11) is 0. The smallest absolute Gasteiger partial charge is 0.142 e. The van der Waals surface area contributed by atoms with Gasteiger partial charge in [-0.25, -0.2) is 0 Å². The molecule has 0 aromatic heterocycles. The molecule has 6 nitrogen and oxygen atoms in total. The van der Waals surface area contributed by atoms with Gasteiger partial charge >= 0.3 is 0 Å². The van der Waals surface area contributed by atoms with Gasteiger partial charge in [0, 0.05) is 17.7 Å². The maximum absolute atomic E-state index is 10.2. The highest BCUT2D eigenvalue weighted by atomic mass is 16.5. The second-order valence-electron chi connectivity index (χ2n) is 11.7. The van der Waals surface area contributed by atoms with Crippen LogP contribution in [0.4, 0.5) is 11.4 Å². The molecule has 0 spiro atoms. The summed E-state index contributed by atoms with van der Waals surface area (Å²) >= 11 is 0. The fraction of sp³-hybridized carbons (Fsp3) is 0.312. The Labute approximate surface area is 221 Å². The molecule has 4 aliphatic rings. The molecule has 0 radical (unpaired) electrons. The molecule has 0 heterocycles. The van der Waals surface area contributed by atoms with E-state index in [0.717, 1.165) is 34.3 Å². The average Bonchev–Trinajstić information content (AvgIpc) is 2.87. The van der Waals surface area contributed by atoms with Crippen molar-refractivity contribution in [3.8, 4) is 34.5 Å². The number of phenols is 2. The summed E-state index contributed by atoms with van der Waals surface area (Å²) in [6.07, 6.45) is 7.77. The van der Waals surface area contributed by atoms with Gasteiger partial charge in [0.2, 0.25) is 0 Å². The van der Waals surface area contributed by atoms with Crippen molar-refractivity contribution in [2.24, 2.45) is 17.8 Å². The molecule has 8 rings (SSSR count). The Bertz CT molecular complexity index is 1530. The normalized spacial score (nSPS) is 25.5. The zero-order valence-electron chi connectivity index (χ0n) is 21.2. The summed E-state index contributed by atoms with van der Waals surface area (Å²) in [6.45, 7) is 0. The van der Waals surface area contributed by atoms with Crippen LogP contribution in [0.1, 0.15) is 44.1 Å². The summed E-state index contributed by atoms with van der Waals surface area (Å²) in [5, 5.41) is 22.3. The lowest BCUT2D eigenvalue weighted by Gasteiger charge is -2.57. The number of nitrogen functional groups attached to an aromatic ring is 2. The fourth-order valence-electron chi connectivity index (χ4n) is 7.69. The van der Waals surface area contributed by atoms with E-state index in [9.17, 15) is 10.2 Å². The number of hydrogen-bond donors (Lipinski definition) is 4. The fourth-order valence-corrected chi connectivity index (χ4v) is 7.69. The standard InChI is InChI=1S/C32H32N2O4/c33-27-5-3-24(13-29(27)35)37-23-2-1-21-11-26(32-15-18-7-19(16-32)9-20(8-18)17-32)31(12-22(21)10-23)38-25-4-6-28(34)30(36)14-25/h1-6,10-14,18-20,35-36H,7-9,15-17,33-34H2. The zero-order chi connectivity index (χ0) is 26.0. The van der Waals surface area contributed by atoms with Crippen molar-refractivity contribution in [1.29, 1.82) is 0 Å². The average molecular weight is 509 g/mol. The first-order valence-electron chi connectivity index (χ1n) is 13.4. The van der Waals surface area contributed by atoms with E-state index in [1.54, 1.807) is 30.3 Å². The Balaban J connectivity index is 1.31. The molecule has 194 valence electrons. The summed E-state index contributed by atoms with van der Waals surface area (Å²) in [5.41, 5.74) is 13.6. The molecule has 6 N–H and O–H groups in total. The van der Waals surface area contributed by atoms with Gasteiger partial charge in [-0.1, -0.05) is 6.07 Å². The van der Waals surface area contributed by atoms with Gasteiger partial charge in [-0.15, -0.1) is 0 Å². The van der Waals surface area contributed by atoms with E-state index < -0.39 is 0 Å². The minimum absolute atomic E-state index is 0.00839. The number of anilines is 2. The van der Waals surface area contributed by atoms with Crippen molar-refractivity contribution in [2.45, 2.75) is 43.9 Å². The van der Waals surface area contributed by atoms with E-state index >= 15 is 0 Å². The third kappa shape index (κ3) is 3.95. The maximum atomic E-state index is 10.2. The lowest BCUT2D eigenvalue weighted by molar-refractivity contribution is -0.00591. The highest BCUT2D eigenvalue weighted by Crippen LogP contribution is 2.62. The number of aromatic hydroxyl groups is 2. The molecule has 4 saturated carbocycles. The Hall–Kier alpha value is -4.06. The Morgan fingerprint density at radius 2 is 1.13 bits per heavy atom. The van der Waals surface area contributed by atoms with Crippen molar-refractivity contribution in [3.63, 3.8) is 0 Å². The number of phenolic OH excluding ortho intramolecular Hbond substituents is 2. The van der Waals surface area contributed by atoms with Crippen molar-refractivity contribution in [1.82, 2.24) is 0 Å². The van der Waals surface area contributed by atoms with Crippen molar-refractivity contribution >= 4 is 22.1 Å². The zero-order valence-corrected chi connectivity index (χ0v) is 21.2. The van der Waals surface area contributed by atoms with Gasteiger partial charge in [-0.3, -0.25) is 0 Å². The maximum Gasteiger partial charge on any atom is 0.142 e. The summed E-state index contributed by atoms with van der Waals surface area (Å²) in [6, 6.07) is 20.4. The lowest BCUT2D eigenvalue weighted by Crippen LogP contribution is -2.48.